The third-order valence-electron chi connectivity index (χ3n) is 6.03. The molecule has 3 rings (SSSR count). The second-order valence-corrected chi connectivity index (χ2v) is 7.53. The Bertz CT molecular complexity index is 429. The van der Waals surface area contributed by atoms with Crippen LogP contribution >= 0.6 is 24.0 Å². The van der Waals surface area contributed by atoms with E-state index in [1.807, 2.05) is 0 Å². The van der Waals surface area contributed by atoms with Gasteiger partial charge in [0.15, 0.2) is 5.96 Å². The predicted octanol–water partition coefficient (Wildman–Crippen LogP) is 3.32. The van der Waals surface area contributed by atoms with E-state index in [0.29, 0.717) is 23.5 Å². The normalized spacial score (nSPS) is 29.4. The van der Waals surface area contributed by atoms with Crippen molar-refractivity contribution >= 4 is 29.9 Å². The van der Waals surface area contributed by atoms with Crippen LogP contribution in [0, 0.1) is 11.3 Å². The number of nitrogens with one attached hydrogen (secondary N) is 2. The second-order valence-electron chi connectivity index (χ2n) is 7.53. The Morgan fingerprint density at radius 1 is 1.24 bits per heavy atom. The number of ether oxygens (including phenoxy) is 2. The van der Waals surface area contributed by atoms with Crippen LogP contribution in [-0.2, 0) is 9.47 Å². The van der Waals surface area contributed by atoms with Gasteiger partial charge in [-0.25, -0.2) is 0 Å². The Hall–Kier alpha value is -0.0800. The van der Waals surface area contributed by atoms with Crippen LogP contribution in [-0.4, -0.2) is 51.0 Å². The molecular weight excluding hydrogens is 429 g/mol. The Morgan fingerprint density at radius 2 is 2.04 bits per heavy atom. The first-order chi connectivity index (χ1) is 11.8. The maximum Gasteiger partial charge on any atom is 0.191 e. The molecule has 2 N–H and O–H groups in total. The van der Waals surface area contributed by atoms with Crippen molar-refractivity contribution in [2.45, 2.75) is 70.9 Å². The molecule has 0 aromatic carbocycles. The zero-order valence-electron chi connectivity index (χ0n) is 15.9. The summed E-state index contributed by atoms with van der Waals surface area (Å²) >= 11 is 0. The van der Waals surface area contributed by atoms with Gasteiger partial charge in [0.2, 0.25) is 0 Å². The number of hydrogen-bond donors (Lipinski definition) is 2. The van der Waals surface area contributed by atoms with Gasteiger partial charge in [-0.1, -0.05) is 19.8 Å². The Morgan fingerprint density at radius 3 is 2.72 bits per heavy atom. The topological polar surface area (TPSA) is 54.9 Å². The second kappa shape index (κ2) is 10.3. The van der Waals surface area contributed by atoms with Crippen molar-refractivity contribution in [3.05, 3.63) is 0 Å². The number of aliphatic imine (C=N–C) groups is 1. The quantitative estimate of drug-likeness (QED) is 0.238. The zero-order valence-corrected chi connectivity index (χ0v) is 18.2. The monoisotopic (exact) mass is 465 g/mol. The van der Waals surface area contributed by atoms with Crippen LogP contribution in [0.4, 0.5) is 0 Å². The summed E-state index contributed by atoms with van der Waals surface area (Å²) in [5.41, 5.74) is 0.403. The fourth-order valence-electron chi connectivity index (χ4n) is 4.63. The highest BCUT2D eigenvalue weighted by Gasteiger charge is 2.66. The molecule has 6 heteroatoms. The number of guanidine groups is 1. The van der Waals surface area contributed by atoms with Crippen molar-refractivity contribution in [2.75, 3.05) is 32.9 Å². The van der Waals surface area contributed by atoms with Gasteiger partial charge in [0.25, 0.3) is 0 Å². The number of hydrogen-bond acceptors (Lipinski definition) is 3. The van der Waals surface area contributed by atoms with Gasteiger partial charge in [-0.2, -0.15) is 0 Å². The van der Waals surface area contributed by atoms with E-state index in [1.54, 1.807) is 0 Å². The van der Waals surface area contributed by atoms with Crippen LogP contribution < -0.4 is 10.6 Å². The van der Waals surface area contributed by atoms with E-state index in [0.717, 1.165) is 51.7 Å². The molecule has 3 unspecified atom stereocenters. The predicted molar refractivity (Wildman–Crippen MR) is 113 cm³/mol. The number of halogens is 1. The van der Waals surface area contributed by atoms with E-state index >= 15 is 0 Å². The molecule has 0 amide bonds. The average molecular weight is 465 g/mol. The summed E-state index contributed by atoms with van der Waals surface area (Å²) in [4.78, 5) is 4.76. The highest BCUT2D eigenvalue weighted by atomic mass is 127. The summed E-state index contributed by atoms with van der Waals surface area (Å²) < 4.78 is 11.6. The van der Waals surface area contributed by atoms with Gasteiger partial charge in [-0.3, -0.25) is 4.99 Å². The van der Waals surface area contributed by atoms with Crippen LogP contribution in [0.3, 0.4) is 0 Å². The molecular formula is C19H36IN3O2. The molecule has 25 heavy (non-hydrogen) atoms. The van der Waals surface area contributed by atoms with Crippen molar-refractivity contribution in [3.63, 3.8) is 0 Å². The lowest BCUT2D eigenvalue weighted by Gasteiger charge is -2.63. The molecule has 3 aliphatic rings. The van der Waals surface area contributed by atoms with Crippen LogP contribution in [0.1, 0.15) is 58.8 Å². The van der Waals surface area contributed by atoms with E-state index in [4.69, 9.17) is 14.5 Å². The van der Waals surface area contributed by atoms with Crippen LogP contribution in [0.2, 0.25) is 0 Å². The molecule has 1 heterocycles. The highest BCUT2D eigenvalue weighted by molar-refractivity contribution is 14.0. The smallest absolute Gasteiger partial charge is 0.191 e. The summed E-state index contributed by atoms with van der Waals surface area (Å²) in [5.74, 6) is 1.67. The van der Waals surface area contributed by atoms with E-state index in [-0.39, 0.29) is 24.0 Å². The van der Waals surface area contributed by atoms with E-state index in [2.05, 4.69) is 24.5 Å². The Kier molecular flexibility index (Phi) is 8.75. The van der Waals surface area contributed by atoms with E-state index < -0.39 is 0 Å². The van der Waals surface area contributed by atoms with Gasteiger partial charge in [-0.05, 0) is 39.0 Å². The number of fused-ring (bicyclic) bond motifs is 2. The van der Waals surface area contributed by atoms with Gasteiger partial charge in [0, 0.05) is 50.3 Å². The summed E-state index contributed by atoms with van der Waals surface area (Å²) in [7, 11) is 0. The first-order valence-electron chi connectivity index (χ1n) is 10.1. The maximum absolute atomic E-state index is 6.01. The van der Waals surface area contributed by atoms with Crippen molar-refractivity contribution in [2.24, 2.45) is 16.3 Å². The van der Waals surface area contributed by atoms with Crippen LogP contribution in [0.15, 0.2) is 4.99 Å². The van der Waals surface area contributed by atoms with Crippen molar-refractivity contribution < 1.29 is 9.47 Å². The number of nitrogens with zero attached hydrogens (tertiary/aromatic N) is 1. The lowest BCUT2D eigenvalue weighted by Crippen LogP contribution is -2.72. The largest absolute Gasteiger partial charge is 0.381 e. The molecule has 1 saturated heterocycles. The lowest BCUT2D eigenvalue weighted by atomic mass is 9.46. The molecule has 0 aromatic heterocycles. The van der Waals surface area contributed by atoms with Gasteiger partial charge < -0.3 is 20.1 Å². The van der Waals surface area contributed by atoms with E-state index in [9.17, 15) is 0 Å². The molecule has 0 radical (unpaired) electrons. The molecule has 3 fully saturated rings. The summed E-state index contributed by atoms with van der Waals surface area (Å²) in [6.07, 6.45) is 9.04. The molecule has 3 atom stereocenters. The van der Waals surface area contributed by atoms with E-state index in [1.165, 1.54) is 32.1 Å². The average Bonchev–Trinajstić information content (AvgIpc) is 2.95. The lowest BCUT2D eigenvalue weighted by molar-refractivity contribution is -0.171. The van der Waals surface area contributed by atoms with Crippen LogP contribution in [0.5, 0.6) is 0 Å². The first-order valence-corrected chi connectivity index (χ1v) is 10.1. The fourth-order valence-corrected chi connectivity index (χ4v) is 4.63. The summed E-state index contributed by atoms with van der Waals surface area (Å²) in [5, 5.41) is 7.16. The highest BCUT2D eigenvalue weighted by Crippen LogP contribution is 2.62. The van der Waals surface area contributed by atoms with Gasteiger partial charge in [0.05, 0.1) is 6.10 Å². The van der Waals surface area contributed by atoms with Crippen molar-refractivity contribution in [1.29, 1.82) is 0 Å². The number of rotatable bonds is 9. The van der Waals surface area contributed by atoms with Gasteiger partial charge >= 0.3 is 0 Å². The third kappa shape index (κ3) is 4.61. The number of unbranched alkanes of at least 4 members (excludes halogenated alkanes) is 1. The molecule has 146 valence electrons. The van der Waals surface area contributed by atoms with Crippen molar-refractivity contribution in [3.8, 4) is 0 Å². The molecule has 1 spiro atoms. The minimum atomic E-state index is 0. The zero-order chi connectivity index (χ0) is 16.8. The van der Waals surface area contributed by atoms with Crippen molar-refractivity contribution in [1.82, 2.24) is 10.6 Å². The molecule has 2 aliphatic carbocycles. The maximum atomic E-state index is 6.01. The first kappa shape index (κ1) is 21.2. The molecule has 0 bridgehead atoms. The molecule has 2 saturated carbocycles. The SMILES string of the molecule is CCCCOCCCN=C(NCC)NC1C2CCOC2C12CCC2.I. The Balaban J connectivity index is 0.00000225. The minimum Gasteiger partial charge on any atom is -0.381 e. The fraction of sp³-hybridized carbons (Fsp3) is 0.947. The minimum absolute atomic E-state index is 0. The standard InChI is InChI=1S/C19H35N3O2.HI/c1-3-5-12-23-13-7-11-21-18(20-4-2)22-16-15-8-14-24-17(15)19(16)9-6-10-19;/h15-17H,3-14H2,1-2H3,(H2,20,21,22);1H. The van der Waals surface area contributed by atoms with Gasteiger partial charge in [-0.15, -0.1) is 24.0 Å². The van der Waals surface area contributed by atoms with Gasteiger partial charge in [0.1, 0.15) is 0 Å². The molecule has 0 aromatic rings. The third-order valence-corrected chi connectivity index (χ3v) is 6.03. The summed E-state index contributed by atoms with van der Waals surface area (Å²) in [6.45, 7) is 8.69. The summed E-state index contributed by atoms with van der Waals surface area (Å²) in [6, 6.07) is 0.553. The van der Waals surface area contributed by atoms with Crippen LogP contribution in [0.25, 0.3) is 0 Å². The molecule has 1 aliphatic heterocycles. The molecule has 5 nitrogen and oxygen atoms in total. The Labute approximate surface area is 170 Å².